The van der Waals surface area contributed by atoms with Gasteiger partial charge in [-0.25, -0.2) is 18.4 Å². The predicted molar refractivity (Wildman–Crippen MR) is 185 cm³/mol. The number of aromatic carboxylic acids is 1. The van der Waals surface area contributed by atoms with Crippen LogP contribution in [0.15, 0.2) is 68.1 Å². The second kappa shape index (κ2) is 14.8. The van der Waals surface area contributed by atoms with Crippen molar-refractivity contribution in [3.63, 3.8) is 0 Å². The third kappa shape index (κ3) is 8.48. The van der Waals surface area contributed by atoms with Gasteiger partial charge in [-0.05, 0) is 67.0 Å². The fourth-order valence-electron chi connectivity index (χ4n) is 5.04. The van der Waals surface area contributed by atoms with Gasteiger partial charge in [-0.15, -0.1) is 10.2 Å². The van der Waals surface area contributed by atoms with E-state index in [-0.39, 0.29) is 44.3 Å². The van der Waals surface area contributed by atoms with Crippen LogP contribution < -0.4 is 26.5 Å². The highest BCUT2D eigenvalue weighted by atomic mass is 32.2. The maximum atomic E-state index is 12.4. The quantitative estimate of drug-likeness (QED) is 0.0421. The number of carbonyl (C=O) groups is 2. The Morgan fingerprint density at radius 1 is 0.938 bits per heavy atom. The van der Waals surface area contributed by atoms with Crippen molar-refractivity contribution in [3.8, 4) is 28.2 Å². The Bertz CT molecular complexity index is 2150. The van der Waals surface area contributed by atoms with Crippen LogP contribution in [0.4, 0.5) is 10.8 Å². The summed E-state index contributed by atoms with van der Waals surface area (Å²) in [6.07, 6.45) is 4.31. The Kier molecular flexibility index (Phi) is 10.6. The lowest BCUT2D eigenvalue weighted by Gasteiger charge is -2.18. The molecule has 1 aromatic heterocycles. The van der Waals surface area contributed by atoms with Crippen LogP contribution in [0.2, 0.25) is 0 Å². The van der Waals surface area contributed by atoms with E-state index < -0.39 is 16.0 Å². The zero-order valence-electron chi connectivity index (χ0n) is 25.2. The molecule has 0 bridgehead atoms. The number of fused-ring (bicyclic) bond motifs is 2. The summed E-state index contributed by atoms with van der Waals surface area (Å²) in [6, 6.07) is 13.7. The highest BCUT2D eigenvalue weighted by Crippen LogP contribution is 2.42. The highest BCUT2D eigenvalue weighted by molar-refractivity contribution is 7.91. The van der Waals surface area contributed by atoms with Gasteiger partial charge >= 0.3 is 5.97 Å². The van der Waals surface area contributed by atoms with Crippen molar-refractivity contribution in [2.24, 2.45) is 5.14 Å². The molecule has 0 spiro atoms. The van der Waals surface area contributed by atoms with Gasteiger partial charge in [0.2, 0.25) is 15.4 Å². The Labute approximate surface area is 283 Å². The van der Waals surface area contributed by atoms with Crippen LogP contribution in [-0.4, -0.2) is 52.4 Å². The van der Waals surface area contributed by atoms with Crippen LogP contribution >= 0.6 is 23.6 Å². The number of primary sulfonamides is 1. The summed E-state index contributed by atoms with van der Waals surface area (Å²) in [5.74, 6) is -1.23. The number of aromatic hydroxyl groups is 1. The summed E-state index contributed by atoms with van der Waals surface area (Å²) < 4.78 is 28.0. The molecule has 2 aliphatic rings. The van der Waals surface area contributed by atoms with Gasteiger partial charge in [-0.3, -0.25) is 9.59 Å². The van der Waals surface area contributed by atoms with Crippen LogP contribution in [0.25, 0.3) is 33.4 Å². The van der Waals surface area contributed by atoms with E-state index in [0.717, 1.165) is 25.7 Å². The first-order chi connectivity index (χ1) is 22.9. The number of amides is 1. The van der Waals surface area contributed by atoms with Crippen LogP contribution in [-0.2, 0) is 14.8 Å². The largest absolute Gasteiger partial charge is 0.508 e. The van der Waals surface area contributed by atoms with Gasteiger partial charge in [-0.2, -0.15) is 0 Å². The van der Waals surface area contributed by atoms with Gasteiger partial charge in [0.25, 0.3) is 10.0 Å². The number of carboxylic acid groups (broad SMARTS) is 1. The number of nitrogens with two attached hydrogens (primary N) is 1. The fourth-order valence-corrected chi connectivity index (χ4v) is 6.61. The normalized spacial score (nSPS) is 11.4. The van der Waals surface area contributed by atoms with Crippen molar-refractivity contribution in [2.45, 2.75) is 42.9 Å². The van der Waals surface area contributed by atoms with E-state index in [2.05, 4.69) is 26.1 Å². The van der Waals surface area contributed by atoms with E-state index in [4.69, 9.17) is 21.8 Å². The van der Waals surface area contributed by atoms with Crippen LogP contribution in [0.5, 0.6) is 5.75 Å². The number of sulfonamides is 1. The number of carbonyl (C=O) groups excluding carboxylic acids is 1. The first-order valence-corrected chi connectivity index (χ1v) is 17.4. The molecule has 14 nitrogen and oxygen atoms in total. The number of phenols is 1. The average molecular weight is 711 g/mol. The Hall–Kier alpha value is -4.97. The molecule has 48 heavy (non-hydrogen) atoms. The average Bonchev–Trinajstić information content (AvgIpc) is 3.50. The third-order valence-corrected chi connectivity index (χ3v) is 9.61. The Morgan fingerprint density at radius 3 is 2.44 bits per heavy atom. The summed E-state index contributed by atoms with van der Waals surface area (Å²) in [4.78, 5) is 36.6. The number of nitrogens with one attached hydrogen (secondary N) is 3. The van der Waals surface area contributed by atoms with Crippen molar-refractivity contribution in [2.75, 3.05) is 17.2 Å². The molecule has 17 heteroatoms. The molecule has 0 unspecified atom stereocenters. The van der Waals surface area contributed by atoms with Gasteiger partial charge in [0.05, 0.1) is 5.56 Å². The van der Waals surface area contributed by atoms with E-state index in [0.29, 0.717) is 62.8 Å². The molecule has 1 amide bonds. The minimum atomic E-state index is -3.96. The van der Waals surface area contributed by atoms with Gasteiger partial charge in [-0.1, -0.05) is 36.7 Å². The van der Waals surface area contributed by atoms with Crippen LogP contribution in [0.1, 0.15) is 48.9 Å². The molecule has 2 heterocycles. The van der Waals surface area contributed by atoms with Crippen molar-refractivity contribution in [1.29, 1.82) is 0 Å². The van der Waals surface area contributed by atoms with E-state index in [1.807, 2.05) is 0 Å². The van der Waals surface area contributed by atoms with Crippen molar-refractivity contribution >= 4 is 72.4 Å². The number of thiocarbonyl (C=S) groups is 1. The molecule has 5 rings (SSSR count). The lowest BCUT2D eigenvalue weighted by molar-refractivity contribution is -0.116. The maximum absolute atomic E-state index is 12.4. The number of aromatic nitrogens is 2. The summed E-state index contributed by atoms with van der Waals surface area (Å²) >= 11 is 6.11. The lowest BCUT2D eigenvalue weighted by atomic mass is 9.90. The van der Waals surface area contributed by atoms with Crippen LogP contribution in [0.3, 0.4) is 0 Å². The molecule has 250 valence electrons. The first kappa shape index (κ1) is 34.4. The molecule has 7 N–H and O–H groups in total. The zero-order chi connectivity index (χ0) is 34.4. The van der Waals surface area contributed by atoms with Gasteiger partial charge in [0.1, 0.15) is 17.1 Å². The molecular weight excluding hydrogens is 681 g/mol. The molecule has 1 aliphatic carbocycles. The topological polar surface area (TPSA) is 227 Å². The van der Waals surface area contributed by atoms with E-state index in [9.17, 15) is 33.0 Å². The molecule has 0 saturated carbocycles. The highest BCUT2D eigenvalue weighted by Gasteiger charge is 2.22. The van der Waals surface area contributed by atoms with Gasteiger partial charge in [0, 0.05) is 47.3 Å². The number of rotatable bonds is 13. The SMILES string of the molecule is NS(=O)(=O)c1nnc(NC(=O)CCCCCCCNC(=S)Nc2ccc(-c3c4ccc(=O)cc-4oc4cc(O)ccc34)c(C(=O)O)c2)s1. The first-order valence-electron chi connectivity index (χ1n) is 14.7. The molecule has 0 fully saturated rings. The summed E-state index contributed by atoms with van der Waals surface area (Å²) in [5, 5.41) is 41.8. The number of anilines is 2. The number of unbranched alkanes of at least 4 members (excludes halogenated alkanes) is 4. The molecular formula is C31H30N6O8S3. The Balaban J connectivity index is 1.12. The molecule has 0 atom stereocenters. The summed E-state index contributed by atoms with van der Waals surface area (Å²) in [6.45, 7) is 0.583. The van der Waals surface area contributed by atoms with Crippen molar-refractivity contribution < 1.29 is 32.6 Å². The maximum Gasteiger partial charge on any atom is 0.336 e. The predicted octanol–water partition coefficient (Wildman–Crippen LogP) is 4.73. The monoisotopic (exact) mass is 710 g/mol. The smallest absolute Gasteiger partial charge is 0.336 e. The molecule has 3 aromatic rings. The van der Waals surface area contributed by atoms with Crippen molar-refractivity contribution in [3.05, 3.63) is 70.4 Å². The minimum absolute atomic E-state index is 0.00105. The number of hydrogen-bond acceptors (Lipinski definition) is 11. The van der Waals surface area contributed by atoms with Crippen LogP contribution in [0, 0.1) is 0 Å². The summed E-state index contributed by atoms with van der Waals surface area (Å²) in [7, 11) is -3.96. The number of hydrogen-bond donors (Lipinski definition) is 6. The fraction of sp³-hybridized carbons (Fsp3) is 0.226. The minimum Gasteiger partial charge on any atom is -0.508 e. The lowest BCUT2D eigenvalue weighted by Crippen LogP contribution is -2.29. The van der Waals surface area contributed by atoms with E-state index in [1.165, 1.54) is 30.3 Å². The Morgan fingerprint density at radius 2 is 1.69 bits per heavy atom. The van der Waals surface area contributed by atoms with E-state index in [1.54, 1.807) is 24.3 Å². The second-order valence-corrected chi connectivity index (χ2v) is 13.9. The molecule has 2 aromatic carbocycles. The molecule has 0 radical (unpaired) electrons. The number of carboxylic acids is 1. The third-order valence-electron chi connectivity index (χ3n) is 7.22. The number of nitrogens with zero attached hydrogens (tertiary/aromatic N) is 2. The van der Waals surface area contributed by atoms with Crippen molar-refractivity contribution in [1.82, 2.24) is 15.5 Å². The number of benzene rings is 3. The molecule has 0 saturated heterocycles. The van der Waals surface area contributed by atoms with E-state index >= 15 is 0 Å². The number of phenolic OH excluding ortho intramolecular Hbond substituents is 1. The second-order valence-electron chi connectivity index (χ2n) is 10.7. The van der Waals surface area contributed by atoms with Gasteiger partial charge < -0.3 is 30.6 Å². The zero-order valence-corrected chi connectivity index (χ0v) is 27.6. The standard InChI is InChI=1S/C31H30N6O8S3/c32-48(43,44)31-37-36-30(47-31)35-26(40)6-4-2-1-3-5-13-33-29(46)34-17-7-10-20(23(14-17)28(41)42)27-21-11-8-18(38)15-24(21)45-25-16-19(39)9-12-22(25)27/h7-12,14-16,38H,1-6,13H2,(H,41,42)(H2,32,43,44)(H2,33,34,46)(H,35,36,40). The summed E-state index contributed by atoms with van der Waals surface area (Å²) in [5.41, 5.74) is 1.99. The molecule has 1 aliphatic heterocycles. The van der Waals surface area contributed by atoms with Gasteiger partial charge in [0.15, 0.2) is 10.5 Å².